The van der Waals surface area contributed by atoms with E-state index in [9.17, 15) is 21.6 Å². The van der Waals surface area contributed by atoms with E-state index < -0.39 is 37.1 Å². The zero-order valence-corrected chi connectivity index (χ0v) is 13.7. The smallest absolute Gasteiger partial charge is 0.307 e. The first-order valence-electron chi connectivity index (χ1n) is 7.04. The Morgan fingerprint density at radius 3 is 2.57 bits per heavy atom. The van der Waals surface area contributed by atoms with Crippen LogP contribution in [0.4, 0.5) is 0 Å². The number of sulfone groups is 1. The van der Waals surface area contributed by atoms with Crippen molar-refractivity contribution in [2.45, 2.75) is 43.4 Å². The molecule has 0 aromatic carbocycles. The summed E-state index contributed by atoms with van der Waals surface area (Å²) < 4.78 is 54.3. The first-order chi connectivity index (χ1) is 9.76. The maximum Gasteiger partial charge on any atom is 0.307 e. The number of nitrogens with zero attached hydrogens (tertiary/aromatic N) is 1. The van der Waals surface area contributed by atoms with Gasteiger partial charge < -0.3 is 4.74 Å². The molecule has 2 atom stereocenters. The topological polar surface area (TPSA) is 97.8 Å². The molecule has 2 saturated heterocycles. The minimum Gasteiger partial charge on any atom is -0.469 e. The molecular weight excluding hydrogens is 318 g/mol. The minimum atomic E-state index is -3.69. The maximum absolute atomic E-state index is 12.7. The maximum atomic E-state index is 12.7. The Morgan fingerprint density at radius 1 is 1.29 bits per heavy atom. The van der Waals surface area contributed by atoms with Crippen molar-refractivity contribution in [2.24, 2.45) is 0 Å². The first-order valence-corrected chi connectivity index (χ1v) is 10.4. The lowest BCUT2D eigenvalue weighted by atomic mass is 10.0. The molecule has 122 valence electrons. The standard InChI is InChI=1S/C12H21NO6S2/c1-19-12(14)8-10-4-2-3-6-13(10)21(17,18)11-5-7-20(15,16)9-11/h10-11H,2-9H2,1H3. The van der Waals surface area contributed by atoms with E-state index >= 15 is 0 Å². The summed E-state index contributed by atoms with van der Waals surface area (Å²) in [5.41, 5.74) is 0. The largest absolute Gasteiger partial charge is 0.469 e. The van der Waals surface area contributed by atoms with Gasteiger partial charge in [0.25, 0.3) is 0 Å². The van der Waals surface area contributed by atoms with Gasteiger partial charge in [-0.05, 0) is 19.3 Å². The van der Waals surface area contributed by atoms with Crippen LogP contribution in [-0.2, 0) is 29.4 Å². The average molecular weight is 339 g/mol. The van der Waals surface area contributed by atoms with Crippen molar-refractivity contribution in [3.63, 3.8) is 0 Å². The first kappa shape index (κ1) is 16.7. The second-order valence-electron chi connectivity index (χ2n) is 5.61. The summed E-state index contributed by atoms with van der Waals surface area (Å²) in [6.07, 6.45) is 2.36. The molecule has 2 aliphatic heterocycles. The van der Waals surface area contributed by atoms with Crippen molar-refractivity contribution < 1.29 is 26.4 Å². The van der Waals surface area contributed by atoms with E-state index in [-0.39, 0.29) is 24.3 Å². The summed E-state index contributed by atoms with van der Waals surface area (Å²) in [6, 6.07) is -0.417. The lowest BCUT2D eigenvalue weighted by Gasteiger charge is -2.35. The quantitative estimate of drug-likeness (QED) is 0.665. The van der Waals surface area contributed by atoms with Gasteiger partial charge in [0, 0.05) is 12.6 Å². The molecule has 2 unspecified atom stereocenters. The second kappa shape index (κ2) is 6.21. The Morgan fingerprint density at radius 2 is 2.00 bits per heavy atom. The molecule has 9 heteroatoms. The Bertz CT molecular complexity index is 597. The molecule has 0 radical (unpaired) electrons. The van der Waals surface area contributed by atoms with Crippen LogP contribution in [-0.4, -0.2) is 63.6 Å². The van der Waals surface area contributed by atoms with E-state index in [0.29, 0.717) is 13.0 Å². The van der Waals surface area contributed by atoms with Crippen LogP contribution in [0.1, 0.15) is 32.1 Å². The van der Waals surface area contributed by atoms with Gasteiger partial charge in [-0.2, -0.15) is 4.31 Å². The fourth-order valence-corrected chi connectivity index (χ4v) is 7.76. The molecule has 2 aliphatic rings. The molecule has 0 N–H and O–H groups in total. The number of carbonyl (C=O) groups is 1. The molecule has 0 amide bonds. The molecule has 2 rings (SSSR count). The van der Waals surface area contributed by atoms with Crippen molar-refractivity contribution in [2.75, 3.05) is 25.2 Å². The molecule has 0 aromatic rings. The molecule has 0 bridgehead atoms. The van der Waals surface area contributed by atoms with Crippen molar-refractivity contribution >= 4 is 25.8 Å². The summed E-state index contributed by atoms with van der Waals surface area (Å²) in [5, 5.41) is -0.874. The van der Waals surface area contributed by atoms with Gasteiger partial charge in [-0.1, -0.05) is 6.42 Å². The van der Waals surface area contributed by atoms with Crippen molar-refractivity contribution in [1.82, 2.24) is 4.31 Å². The fourth-order valence-electron chi connectivity index (χ4n) is 2.98. The molecule has 21 heavy (non-hydrogen) atoms. The minimum absolute atomic E-state index is 0.0230. The van der Waals surface area contributed by atoms with Gasteiger partial charge in [-0.3, -0.25) is 4.79 Å². The highest BCUT2D eigenvalue weighted by atomic mass is 32.2. The number of piperidine rings is 1. The van der Waals surface area contributed by atoms with Crippen LogP contribution >= 0.6 is 0 Å². The third-order valence-corrected chi connectivity index (χ3v) is 8.50. The molecular formula is C12H21NO6S2. The molecule has 0 aliphatic carbocycles. The normalized spacial score (nSPS) is 30.1. The predicted octanol–water partition coefficient (Wildman–Crippen LogP) is -0.0791. The van der Waals surface area contributed by atoms with E-state index in [1.165, 1.54) is 11.4 Å². The van der Waals surface area contributed by atoms with Gasteiger partial charge >= 0.3 is 5.97 Å². The molecule has 0 saturated carbocycles. The third kappa shape index (κ3) is 3.75. The highest BCUT2D eigenvalue weighted by Crippen LogP contribution is 2.29. The van der Waals surface area contributed by atoms with Crippen LogP contribution in [0, 0.1) is 0 Å². The highest BCUT2D eigenvalue weighted by Gasteiger charge is 2.43. The zero-order valence-electron chi connectivity index (χ0n) is 12.0. The summed E-state index contributed by atoms with van der Waals surface area (Å²) in [7, 11) is -5.68. The van der Waals surface area contributed by atoms with E-state index in [1.807, 2.05) is 0 Å². The van der Waals surface area contributed by atoms with Gasteiger partial charge in [-0.25, -0.2) is 16.8 Å². The second-order valence-corrected chi connectivity index (χ2v) is 10.0. The fraction of sp³-hybridized carbons (Fsp3) is 0.917. The molecule has 2 fully saturated rings. The summed E-state index contributed by atoms with van der Waals surface area (Å²) in [5.74, 6) is -0.829. The number of ether oxygens (including phenoxy) is 1. The lowest BCUT2D eigenvalue weighted by molar-refractivity contribution is -0.141. The number of methoxy groups -OCH3 is 1. The van der Waals surface area contributed by atoms with Gasteiger partial charge in [-0.15, -0.1) is 0 Å². The van der Waals surface area contributed by atoms with E-state index in [0.717, 1.165) is 12.8 Å². The lowest BCUT2D eigenvalue weighted by Crippen LogP contribution is -2.48. The van der Waals surface area contributed by atoms with Gasteiger partial charge in [0.05, 0.1) is 30.3 Å². The van der Waals surface area contributed by atoms with Crippen molar-refractivity contribution in [3.8, 4) is 0 Å². The van der Waals surface area contributed by atoms with Gasteiger partial charge in [0.2, 0.25) is 10.0 Å². The SMILES string of the molecule is COC(=O)CC1CCCCN1S(=O)(=O)C1CCS(=O)(=O)C1. The van der Waals surface area contributed by atoms with Crippen LogP contribution in [0.15, 0.2) is 0 Å². The molecule has 0 aromatic heterocycles. The highest BCUT2D eigenvalue weighted by molar-refractivity contribution is 7.95. The number of rotatable bonds is 4. The van der Waals surface area contributed by atoms with Crippen molar-refractivity contribution in [3.05, 3.63) is 0 Å². The van der Waals surface area contributed by atoms with Gasteiger partial charge in [0.1, 0.15) is 0 Å². The van der Waals surface area contributed by atoms with E-state index in [4.69, 9.17) is 0 Å². The van der Waals surface area contributed by atoms with E-state index in [2.05, 4.69) is 4.74 Å². The molecule has 2 heterocycles. The summed E-state index contributed by atoms with van der Waals surface area (Å²) in [4.78, 5) is 11.4. The predicted molar refractivity (Wildman–Crippen MR) is 77.0 cm³/mol. The van der Waals surface area contributed by atoms with Crippen LogP contribution in [0.25, 0.3) is 0 Å². The Kier molecular flexibility index (Phi) is 4.94. The summed E-state index contributed by atoms with van der Waals surface area (Å²) >= 11 is 0. The van der Waals surface area contributed by atoms with E-state index in [1.54, 1.807) is 0 Å². The number of carbonyl (C=O) groups excluding carboxylic acids is 1. The third-order valence-electron chi connectivity index (χ3n) is 4.14. The van der Waals surface area contributed by atoms with Gasteiger partial charge in [0.15, 0.2) is 9.84 Å². The van der Waals surface area contributed by atoms with Crippen LogP contribution in [0.5, 0.6) is 0 Å². The van der Waals surface area contributed by atoms with Crippen LogP contribution in [0.3, 0.4) is 0 Å². The zero-order chi connectivity index (χ0) is 15.7. The number of hydrogen-bond acceptors (Lipinski definition) is 6. The monoisotopic (exact) mass is 339 g/mol. The average Bonchev–Trinajstić information content (AvgIpc) is 2.80. The Hall–Kier alpha value is -0.670. The summed E-state index contributed by atoms with van der Waals surface area (Å²) in [6.45, 7) is 0.348. The number of esters is 1. The molecule has 0 spiro atoms. The number of hydrogen-bond donors (Lipinski definition) is 0. The van der Waals surface area contributed by atoms with Crippen LogP contribution in [0.2, 0.25) is 0 Å². The Labute approximate surface area is 125 Å². The molecule has 7 nitrogen and oxygen atoms in total. The Balaban J connectivity index is 2.18. The van der Waals surface area contributed by atoms with Crippen LogP contribution < -0.4 is 0 Å². The van der Waals surface area contributed by atoms with Crippen molar-refractivity contribution in [1.29, 1.82) is 0 Å². The number of sulfonamides is 1.